The third-order valence-corrected chi connectivity index (χ3v) is 9.60. The van der Waals surface area contributed by atoms with E-state index in [0.29, 0.717) is 13.0 Å². The SMILES string of the molecule is CCCCCCCCC/C=C\CCCCCCCCOCC(COC1OC(CO)C(O)C(OS(=O)(=O)O)C1O)OC(=O)CCCCCCCCC. The van der Waals surface area contributed by atoms with Crippen molar-refractivity contribution >= 4 is 16.4 Å². The number of aliphatic hydroxyl groups excluding tert-OH is 3. The van der Waals surface area contributed by atoms with E-state index < -0.39 is 59.8 Å². The topological polar surface area (TPSA) is 178 Å². The molecule has 1 saturated heterocycles. The van der Waals surface area contributed by atoms with Gasteiger partial charge < -0.3 is 34.3 Å². The van der Waals surface area contributed by atoms with Gasteiger partial charge in [0.1, 0.15) is 30.5 Å². The van der Waals surface area contributed by atoms with Crippen LogP contribution < -0.4 is 0 Å². The summed E-state index contributed by atoms with van der Waals surface area (Å²) < 4.78 is 58.6. The first-order chi connectivity index (χ1) is 24.6. The second kappa shape index (κ2) is 31.2. The molecule has 13 heteroatoms. The van der Waals surface area contributed by atoms with Crippen LogP contribution in [0.5, 0.6) is 0 Å². The zero-order valence-corrected chi connectivity index (χ0v) is 32.5. The van der Waals surface area contributed by atoms with Gasteiger partial charge in [-0.3, -0.25) is 9.35 Å². The Labute approximate surface area is 308 Å². The van der Waals surface area contributed by atoms with Crippen LogP contribution in [0.15, 0.2) is 12.2 Å². The lowest BCUT2D eigenvalue weighted by Crippen LogP contribution is -2.60. The monoisotopic (exact) mass is 752 g/mol. The van der Waals surface area contributed by atoms with E-state index in [2.05, 4.69) is 30.2 Å². The number of aliphatic hydroxyl groups is 3. The van der Waals surface area contributed by atoms with Crippen LogP contribution in [0.25, 0.3) is 0 Å². The summed E-state index contributed by atoms with van der Waals surface area (Å²) in [4.78, 5) is 12.7. The van der Waals surface area contributed by atoms with Crippen LogP contribution in [0.1, 0.15) is 162 Å². The van der Waals surface area contributed by atoms with Crippen molar-refractivity contribution < 1.29 is 56.2 Å². The van der Waals surface area contributed by atoms with Crippen LogP contribution in [0.4, 0.5) is 0 Å². The third kappa shape index (κ3) is 25.5. The van der Waals surface area contributed by atoms with Gasteiger partial charge in [0, 0.05) is 13.0 Å². The quantitative estimate of drug-likeness (QED) is 0.0227. The van der Waals surface area contributed by atoms with Crippen molar-refractivity contribution in [1.29, 1.82) is 0 Å². The lowest BCUT2D eigenvalue weighted by atomic mass is 9.99. The minimum Gasteiger partial charge on any atom is -0.457 e. The molecule has 51 heavy (non-hydrogen) atoms. The normalized spacial score (nSPS) is 21.7. The molecule has 6 unspecified atom stereocenters. The number of carbonyl (C=O) groups is 1. The smallest absolute Gasteiger partial charge is 0.397 e. The summed E-state index contributed by atoms with van der Waals surface area (Å²) >= 11 is 0. The van der Waals surface area contributed by atoms with E-state index in [1.807, 2.05) is 0 Å². The summed E-state index contributed by atoms with van der Waals surface area (Å²) in [6, 6.07) is 0. The molecule has 12 nitrogen and oxygen atoms in total. The number of esters is 1. The van der Waals surface area contributed by atoms with Crippen molar-refractivity contribution in [2.75, 3.05) is 26.4 Å². The van der Waals surface area contributed by atoms with Gasteiger partial charge in [0.2, 0.25) is 0 Å². The Morgan fingerprint density at radius 2 is 1.24 bits per heavy atom. The average molecular weight is 753 g/mol. The highest BCUT2D eigenvalue weighted by Gasteiger charge is 2.48. The molecule has 6 atom stereocenters. The second-order valence-electron chi connectivity index (χ2n) is 13.9. The zero-order valence-electron chi connectivity index (χ0n) is 31.7. The minimum atomic E-state index is -5.05. The van der Waals surface area contributed by atoms with Crippen molar-refractivity contribution in [2.45, 2.75) is 198 Å². The highest BCUT2D eigenvalue weighted by molar-refractivity contribution is 7.80. The molecule has 0 aromatic carbocycles. The van der Waals surface area contributed by atoms with Gasteiger partial charge in [-0.2, -0.15) is 8.42 Å². The first kappa shape index (κ1) is 47.9. The van der Waals surface area contributed by atoms with Gasteiger partial charge in [-0.25, -0.2) is 4.18 Å². The Kier molecular flexibility index (Phi) is 29.3. The van der Waals surface area contributed by atoms with E-state index in [-0.39, 0.29) is 19.6 Å². The molecular weight excluding hydrogens is 680 g/mol. The molecule has 0 aromatic rings. The third-order valence-electron chi connectivity index (χ3n) is 9.14. The Morgan fingerprint density at radius 1 is 0.725 bits per heavy atom. The summed E-state index contributed by atoms with van der Waals surface area (Å²) in [7, 11) is -5.05. The van der Waals surface area contributed by atoms with Crippen molar-refractivity contribution in [2.24, 2.45) is 0 Å². The van der Waals surface area contributed by atoms with E-state index in [0.717, 1.165) is 44.9 Å². The highest BCUT2D eigenvalue weighted by Crippen LogP contribution is 2.26. The van der Waals surface area contributed by atoms with E-state index >= 15 is 0 Å². The summed E-state index contributed by atoms with van der Waals surface area (Å²) in [5, 5.41) is 30.5. The van der Waals surface area contributed by atoms with Crippen LogP contribution in [0.3, 0.4) is 0 Å². The predicted molar refractivity (Wildman–Crippen MR) is 198 cm³/mol. The van der Waals surface area contributed by atoms with E-state index in [9.17, 15) is 28.5 Å². The molecule has 0 amide bonds. The highest BCUT2D eigenvalue weighted by atomic mass is 32.3. The van der Waals surface area contributed by atoms with Crippen molar-refractivity contribution in [1.82, 2.24) is 0 Å². The molecular formula is C38H72O12S. The number of ether oxygens (including phenoxy) is 4. The lowest BCUT2D eigenvalue weighted by Gasteiger charge is -2.41. The molecule has 1 heterocycles. The lowest BCUT2D eigenvalue weighted by molar-refractivity contribution is -0.301. The Hall–Kier alpha value is -1.16. The molecule has 4 N–H and O–H groups in total. The van der Waals surface area contributed by atoms with Gasteiger partial charge in [0.25, 0.3) is 0 Å². The molecule has 0 radical (unpaired) electrons. The van der Waals surface area contributed by atoms with Crippen LogP contribution in [0, 0.1) is 0 Å². The number of unbranched alkanes of at least 4 members (excludes halogenated alkanes) is 19. The van der Waals surface area contributed by atoms with Gasteiger partial charge in [0.15, 0.2) is 6.29 Å². The molecule has 1 fully saturated rings. The summed E-state index contributed by atoms with van der Waals surface area (Å²) in [5.74, 6) is -0.408. The summed E-state index contributed by atoms with van der Waals surface area (Å²) in [6.07, 6.45) is 21.4. The van der Waals surface area contributed by atoms with E-state index in [4.69, 9.17) is 23.5 Å². The standard InChI is InChI=1S/C38H72O12S/c1-3-5-7-9-11-12-13-14-15-16-17-18-19-20-22-24-26-28-46-30-32(48-34(40)27-25-23-21-10-8-6-4-2)31-47-38-36(42)37(50-51(43,44)45)35(41)33(29-39)49-38/h15-16,32-33,35-39,41-42H,3-14,17-31H2,1-2H3,(H,43,44,45)/b16-15-. The fourth-order valence-electron chi connectivity index (χ4n) is 6.08. The van der Waals surface area contributed by atoms with Crippen molar-refractivity contribution in [3.8, 4) is 0 Å². The van der Waals surface area contributed by atoms with Crippen molar-refractivity contribution in [3.05, 3.63) is 12.2 Å². The molecule has 1 aliphatic heterocycles. The van der Waals surface area contributed by atoms with Crippen molar-refractivity contribution in [3.63, 3.8) is 0 Å². The Bertz CT molecular complexity index is 963. The van der Waals surface area contributed by atoms with Gasteiger partial charge in [-0.1, -0.05) is 129 Å². The van der Waals surface area contributed by atoms with Crippen LogP contribution in [-0.4, -0.2) is 97.5 Å². The molecule has 1 aliphatic rings. The molecule has 0 bridgehead atoms. The molecule has 0 aromatic heterocycles. The molecule has 0 aliphatic carbocycles. The summed E-state index contributed by atoms with van der Waals surface area (Å²) in [5.41, 5.74) is 0. The number of allylic oxidation sites excluding steroid dienone is 2. The molecule has 1 rings (SSSR count). The maximum Gasteiger partial charge on any atom is 0.397 e. The number of rotatable bonds is 34. The fourth-order valence-corrected chi connectivity index (χ4v) is 6.59. The average Bonchev–Trinajstić information content (AvgIpc) is 3.09. The largest absolute Gasteiger partial charge is 0.457 e. The molecule has 0 saturated carbocycles. The van der Waals surface area contributed by atoms with Gasteiger partial charge in [-0.15, -0.1) is 0 Å². The van der Waals surface area contributed by atoms with Gasteiger partial charge in [0.05, 0.1) is 19.8 Å². The molecule has 0 spiro atoms. The number of hydrogen-bond donors (Lipinski definition) is 4. The predicted octanol–water partition coefficient (Wildman–Crippen LogP) is 7.13. The maximum absolute atomic E-state index is 12.7. The van der Waals surface area contributed by atoms with E-state index in [1.165, 1.54) is 89.9 Å². The zero-order chi connectivity index (χ0) is 37.6. The Balaban J connectivity index is 2.42. The van der Waals surface area contributed by atoms with E-state index in [1.54, 1.807) is 0 Å². The van der Waals surface area contributed by atoms with Gasteiger partial charge in [-0.05, 0) is 38.5 Å². The van der Waals surface area contributed by atoms with Crippen LogP contribution in [-0.2, 0) is 38.3 Å². The first-order valence-corrected chi connectivity index (χ1v) is 21.3. The van der Waals surface area contributed by atoms with Crippen LogP contribution >= 0.6 is 0 Å². The first-order valence-electron chi connectivity index (χ1n) is 19.9. The minimum absolute atomic E-state index is 0.0355. The molecule has 302 valence electrons. The second-order valence-corrected chi connectivity index (χ2v) is 14.9. The van der Waals surface area contributed by atoms with Crippen LogP contribution in [0.2, 0.25) is 0 Å². The Morgan fingerprint density at radius 3 is 1.76 bits per heavy atom. The number of carbonyl (C=O) groups excluding carboxylic acids is 1. The van der Waals surface area contributed by atoms with Gasteiger partial charge >= 0.3 is 16.4 Å². The fraction of sp³-hybridized carbons (Fsp3) is 0.921. The summed E-state index contributed by atoms with van der Waals surface area (Å²) in [6.45, 7) is 3.91. The number of hydrogen-bond acceptors (Lipinski definition) is 11. The maximum atomic E-state index is 12.7.